The Labute approximate surface area is 335 Å². The molecule has 16 heteroatoms. The number of rotatable bonds is 13. The minimum absolute atomic E-state index is 0.212. The molecule has 7 rings (SSSR count). The van der Waals surface area contributed by atoms with Crippen molar-refractivity contribution >= 4 is 18.4 Å². The summed E-state index contributed by atoms with van der Waals surface area (Å²) >= 11 is 0. The van der Waals surface area contributed by atoms with Crippen molar-refractivity contribution in [2.45, 2.75) is 169 Å². The highest BCUT2D eigenvalue weighted by molar-refractivity contribution is 7.87. The van der Waals surface area contributed by atoms with Crippen molar-refractivity contribution in [3.8, 4) is 0 Å². The van der Waals surface area contributed by atoms with Crippen LogP contribution in [0.4, 0.5) is 13.2 Å². The van der Waals surface area contributed by atoms with Crippen LogP contribution in [-0.4, -0.2) is 108 Å². The van der Waals surface area contributed by atoms with Crippen LogP contribution in [0.1, 0.15) is 69.9 Å². The van der Waals surface area contributed by atoms with Crippen LogP contribution in [0.15, 0.2) is 60.7 Å². The number of ether oxygens (including phenoxy) is 7. The molecule has 0 saturated carbocycles. The number of alkyl halides is 3. The Kier molecular flexibility index (Phi) is 13.0. The molecule has 5 aliphatic rings. The van der Waals surface area contributed by atoms with E-state index in [0.29, 0.717) is 64.8 Å². The summed E-state index contributed by atoms with van der Waals surface area (Å²) in [5.41, 5.74) is -5.15. The fourth-order valence-electron chi connectivity index (χ4n) is 9.10. The fraction of sp³-hybridized carbons (Fsp3) is 0.707. The second-order valence-electron chi connectivity index (χ2n) is 17.5. The molecule has 0 aliphatic carbocycles. The zero-order valence-electron chi connectivity index (χ0n) is 33.4. The lowest BCUT2D eigenvalue weighted by molar-refractivity contribution is -0.321. The lowest BCUT2D eigenvalue weighted by atomic mass is 9.80. The average molecular weight is 843 g/mol. The van der Waals surface area contributed by atoms with E-state index in [0.717, 1.165) is 11.1 Å². The molecule has 5 heterocycles. The zero-order valence-corrected chi connectivity index (χ0v) is 35.2. The smallest absolute Gasteiger partial charge is 0.410 e. The molecule has 318 valence electrons. The molecule has 5 fully saturated rings. The molecule has 0 radical (unpaired) electrons. The molecule has 12 atom stereocenters. The predicted molar refractivity (Wildman–Crippen MR) is 205 cm³/mol. The molecule has 0 bridgehead atoms. The second kappa shape index (κ2) is 17.2. The molecular formula is C41H57F3O11SSi. The number of hydrogen-bond acceptors (Lipinski definition) is 11. The normalized spacial score (nSPS) is 37.3. The molecule has 0 amide bonds. The van der Waals surface area contributed by atoms with Gasteiger partial charge in [-0.15, -0.1) is 0 Å². The molecule has 0 unspecified atom stereocenters. The van der Waals surface area contributed by atoms with Crippen molar-refractivity contribution in [2.24, 2.45) is 0 Å². The van der Waals surface area contributed by atoms with Crippen LogP contribution in [0.25, 0.3) is 0 Å². The molecule has 0 spiro atoms. The minimum Gasteiger partial charge on any atom is -0.410 e. The van der Waals surface area contributed by atoms with Crippen LogP contribution in [0.2, 0.25) is 19.6 Å². The fourth-order valence-corrected chi connectivity index (χ4v) is 11.2. The molecule has 11 nitrogen and oxygen atoms in total. The summed E-state index contributed by atoms with van der Waals surface area (Å²) in [5.74, 6) is 0. The van der Waals surface area contributed by atoms with Gasteiger partial charge in [0.25, 0.3) is 0 Å². The van der Waals surface area contributed by atoms with E-state index in [1.165, 1.54) is 0 Å². The van der Waals surface area contributed by atoms with Gasteiger partial charge in [0.15, 0.2) is 8.32 Å². The summed E-state index contributed by atoms with van der Waals surface area (Å²) in [7, 11) is -8.13. The van der Waals surface area contributed by atoms with Crippen molar-refractivity contribution in [3.63, 3.8) is 0 Å². The Bertz CT molecular complexity index is 1730. The van der Waals surface area contributed by atoms with Crippen LogP contribution in [0.3, 0.4) is 0 Å². The summed E-state index contributed by atoms with van der Waals surface area (Å²) in [6.07, 6.45) is -0.243. The number of fused-ring (bicyclic) bond motifs is 4. The number of benzene rings is 2. The van der Waals surface area contributed by atoms with Crippen LogP contribution in [0.5, 0.6) is 0 Å². The van der Waals surface area contributed by atoms with E-state index >= 15 is 0 Å². The quantitative estimate of drug-likeness (QED) is 0.0881. The van der Waals surface area contributed by atoms with Gasteiger partial charge < -0.3 is 37.6 Å². The summed E-state index contributed by atoms with van der Waals surface area (Å²) in [4.78, 5) is 0. The molecule has 0 aromatic heterocycles. The van der Waals surface area contributed by atoms with Gasteiger partial charge in [-0.25, -0.2) is 0 Å². The van der Waals surface area contributed by atoms with Gasteiger partial charge in [-0.1, -0.05) is 60.7 Å². The first-order valence-corrected chi connectivity index (χ1v) is 24.9. The van der Waals surface area contributed by atoms with Gasteiger partial charge in [-0.05, 0) is 57.5 Å². The van der Waals surface area contributed by atoms with Crippen LogP contribution >= 0.6 is 0 Å². The van der Waals surface area contributed by atoms with Crippen molar-refractivity contribution in [3.05, 3.63) is 71.8 Å². The number of hydrogen-bond donors (Lipinski definition) is 0. The Morgan fingerprint density at radius 1 is 0.737 bits per heavy atom. The third-order valence-electron chi connectivity index (χ3n) is 11.9. The molecule has 57 heavy (non-hydrogen) atoms. The van der Waals surface area contributed by atoms with Crippen molar-refractivity contribution in [2.75, 3.05) is 13.2 Å². The maximum Gasteiger partial charge on any atom is 0.523 e. The molecular weight excluding hydrogens is 786 g/mol. The predicted octanol–water partition coefficient (Wildman–Crippen LogP) is 7.22. The van der Waals surface area contributed by atoms with E-state index in [1.54, 1.807) is 6.92 Å². The first kappa shape index (κ1) is 43.1. The molecule has 2 aromatic rings. The first-order chi connectivity index (χ1) is 26.9. The van der Waals surface area contributed by atoms with E-state index in [-0.39, 0.29) is 42.7 Å². The third kappa shape index (κ3) is 10.3. The van der Waals surface area contributed by atoms with Gasteiger partial charge in [-0.3, -0.25) is 4.18 Å². The Balaban J connectivity index is 1.02. The summed E-state index contributed by atoms with van der Waals surface area (Å²) < 4.78 is 121. The largest absolute Gasteiger partial charge is 0.523 e. The van der Waals surface area contributed by atoms with Gasteiger partial charge in [-0.2, -0.15) is 21.6 Å². The molecule has 5 aliphatic heterocycles. The molecule has 2 aromatic carbocycles. The lowest BCUT2D eigenvalue weighted by Gasteiger charge is -2.55. The lowest BCUT2D eigenvalue weighted by Crippen LogP contribution is -2.64. The maximum absolute atomic E-state index is 13.3. The first-order valence-electron chi connectivity index (χ1n) is 20.1. The van der Waals surface area contributed by atoms with Crippen molar-refractivity contribution < 1.29 is 63.4 Å². The topological polar surface area (TPSA) is 117 Å². The average Bonchev–Trinajstić information content (AvgIpc) is 3.27. The Morgan fingerprint density at radius 3 is 1.84 bits per heavy atom. The van der Waals surface area contributed by atoms with Crippen LogP contribution in [0, 0.1) is 0 Å². The monoisotopic (exact) mass is 842 g/mol. The Hall–Kier alpha value is -1.96. The summed E-state index contributed by atoms with van der Waals surface area (Å²) in [6.45, 7) is 10.3. The van der Waals surface area contributed by atoms with E-state index in [2.05, 4.69) is 11.1 Å². The van der Waals surface area contributed by atoms with Gasteiger partial charge in [0, 0.05) is 38.7 Å². The van der Waals surface area contributed by atoms with Crippen molar-refractivity contribution in [1.29, 1.82) is 0 Å². The minimum atomic E-state index is -5.84. The Morgan fingerprint density at radius 2 is 1.26 bits per heavy atom. The van der Waals surface area contributed by atoms with E-state index < -0.39 is 60.1 Å². The third-order valence-corrected chi connectivity index (χ3v) is 14.0. The molecule has 0 N–H and O–H groups in total. The maximum atomic E-state index is 13.3. The highest BCUT2D eigenvalue weighted by Gasteiger charge is 2.57. The second-order valence-corrected chi connectivity index (χ2v) is 23.6. The molecule has 5 saturated heterocycles. The zero-order chi connectivity index (χ0) is 40.6. The summed E-state index contributed by atoms with van der Waals surface area (Å²) in [5, 5.41) is 0. The standard InChI is InChI=1S/C41H57F3O11SSi/c1-39(18-19-47-24-27-12-8-6-9-13-27)37(48-25-28-14-10-7-11-15-28)23-35-36(54-39)22-34-33(52-35)21-31-32(51-34)20-30-29(50-31)16-17-40(2,55-57(3,4)5)38(53-30)26-49-56(45,46)41(42,43)44/h6-15,29-38H,16-26H2,1-5H3/t29-,30+,31+,32-,33-,34+,35+,36-,37-,38-,39+,40+/m0/s1. The van der Waals surface area contributed by atoms with Gasteiger partial charge in [0.1, 0.15) is 6.10 Å². The van der Waals surface area contributed by atoms with E-state index in [9.17, 15) is 21.6 Å². The van der Waals surface area contributed by atoms with Crippen molar-refractivity contribution in [1.82, 2.24) is 0 Å². The SMILES string of the molecule is C[C@]1(CCOCc2ccccc2)O[C@H]2C[C@H]3O[C@H]4C[C@H]5O[C@@H](COS(=O)(=O)C(F)(F)F)[C@](C)(O[Si](C)(C)C)CC[C@@H]5O[C@@H]4C[C@@H]3O[C@@H]2C[C@@H]1OCc1ccccc1. The van der Waals surface area contributed by atoms with Gasteiger partial charge in [0.05, 0.1) is 86.0 Å². The highest BCUT2D eigenvalue weighted by Crippen LogP contribution is 2.46. The van der Waals surface area contributed by atoms with Gasteiger partial charge in [0.2, 0.25) is 0 Å². The van der Waals surface area contributed by atoms with E-state index in [4.69, 9.17) is 37.6 Å². The summed E-state index contributed by atoms with van der Waals surface area (Å²) in [6, 6.07) is 20.1. The van der Waals surface area contributed by atoms with E-state index in [1.807, 2.05) is 80.3 Å². The highest BCUT2D eigenvalue weighted by atomic mass is 32.2. The van der Waals surface area contributed by atoms with Crippen LogP contribution < -0.4 is 0 Å². The van der Waals surface area contributed by atoms with Gasteiger partial charge >= 0.3 is 15.6 Å². The van der Waals surface area contributed by atoms with Crippen LogP contribution in [-0.2, 0) is 65.1 Å². The number of halogens is 3.